The lowest BCUT2D eigenvalue weighted by Gasteiger charge is -2.11. The van der Waals surface area contributed by atoms with Gasteiger partial charge in [-0.1, -0.05) is 6.08 Å². The number of Topliss-reactive ketones (excluding diaryl/α,β-unsaturated/α-hetero) is 1. The van der Waals surface area contributed by atoms with E-state index in [1.54, 1.807) is 6.08 Å². The van der Waals surface area contributed by atoms with Gasteiger partial charge in [-0.15, -0.1) is 0 Å². The predicted molar refractivity (Wildman–Crippen MR) is 62.1 cm³/mol. The van der Waals surface area contributed by atoms with Crippen LogP contribution in [0.15, 0.2) is 41.7 Å². The second kappa shape index (κ2) is 4.33. The molecule has 0 fully saturated rings. The quantitative estimate of drug-likeness (QED) is 0.684. The van der Waals surface area contributed by atoms with Crippen LogP contribution in [-0.2, 0) is 0 Å². The van der Waals surface area contributed by atoms with Crippen LogP contribution in [0.1, 0.15) is 23.2 Å². The van der Waals surface area contributed by atoms with E-state index in [0.29, 0.717) is 18.4 Å². The van der Waals surface area contributed by atoms with Crippen molar-refractivity contribution in [3.63, 3.8) is 0 Å². The van der Waals surface area contributed by atoms with E-state index in [0.717, 1.165) is 6.07 Å². The molecule has 1 aromatic rings. The third-order valence-electron chi connectivity index (χ3n) is 2.64. The Morgan fingerprint density at radius 1 is 1.06 bits per heavy atom. The van der Waals surface area contributed by atoms with Crippen molar-refractivity contribution in [1.82, 2.24) is 0 Å². The smallest absolute Gasteiger partial charge is 0.192 e. The van der Waals surface area contributed by atoms with Crippen LogP contribution in [0.5, 0.6) is 11.5 Å². The highest BCUT2D eigenvalue weighted by atomic mass is 16.3. The zero-order chi connectivity index (χ0) is 12.4. The Hall–Kier alpha value is -2.23. The maximum atomic E-state index is 12.0. The van der Waals surface area contributed by atoms with E-state index in [-0.39, 0.29) is 28.6 Å². The SMILES string of the molecule is O=C(C1=CC=C(O)CC1)c1ccc(O)cc1O. The van der Waals surface area contributed by atoms with E-state index < -0.39 is 0 Å². The van der Waals surface area contributed by atoms with Crippen LogP contribution in [0, 0.1) is 0 Å². The van der Waals surface area contributed by atoms with Crippen molar-refractivity contribution < 1.29 is 20.1 Å². The van der Waals surface area contributed by atoms with E-state index in [2.05, 4.69) is 0 Å². The summed E-state index contributed by atoms with van der Waals surface area (Å²) in [7, 11) is 0. The first-order valence-electron chi connectivity index (χ1n) is 5.23. The minimum atomic E-state index is -0.286. The largest absolute Gasteiger partial charge is 0.512 e. The van der Waals surface area contributed by atoms with Crippen molar-refractivity contribution in [2.75, 3.05) is 0 Å². The monoisotopic (exact) mass is 232 g/mol. The number of aliphatic hydroxyl groups is 1. The number of carbonyl (C=O) groups is 1. The summed E-state index contributed by atoms with van der Waals surface area (Å²) >= 11 is 0. The van der Waals surface area contributed by atoms with E-state index >= 15 is 0 Å². The Kier molecular flexibility index (Phi) is 2.87. The molecule has 2 rings (SSSR count). The molecular formula is C13H12O4. The van der Waals surface area contributed by atoms with E-state index in [1.807, 2.05) is 0 Å². The Morgan fingerprint density at radius 3 is 2.41 bits per heavy atom. The summed E-state index contributed by atoms with van der Waals surface area (Å²) in [5.41, 5.74) is 0.688. The molecule has 0 aromatic heterocycles. The first kappa shape index (κ1) is 11.3. The number of allylic oxidation sites excluding steroid dienone is 4. The summed E-state index contributed by atoms with van der Waals surface area (Å²) in [6.07, 6.45) is 3.90. The van der Waals surface area contributed by atoms with Crippen molar-refractivity contribution in [3.05, 3.63) is 47.2 Å². The van der Waals surface area contributed by atoms with Crippen molar-refractivity contribution >= 4 is 5.78 Å². The van der Waals surface area contributed by atoms with Gasteiger partial charge in [0.2, 0.25) is 0 Å². The molecule has 0 amide bonds. The summed E-state index contributed by atoms with van der Waals surface area (Å²) in [6.45, 7) is 0. The Labute approximate surface area is 98.1 Å². The molecule has 0 radical (unpaired) electrons. The van der Waals surface area contributed by atoms with Crippen LogP contribution in [-0.4, -0.2) is 21.1 Å². The fraction of sp³-hybridized carbons (Fsp3) is 0.154. The predicted octanol–water partition coefficient (Wildman–Crippen LogP) is 2.44. The van der Waals surface area contributed by atoms with Crippen molar-refractivity contribution in [2.45, 2.75) is 12.8 Å². The van der Waals surface area contributed by atoms with Crippen LogP contribution < -0.4 is 0 Å². The minimum absolute atomic E-state index is 0.0887. The maximum Gasteiger partial charge on any atom is 0.192 e. The number of benzene rings is 1. The molecule has 0 spiro atoms. The molecule has 4 nitrogen and oxygen atoms in total. The van der Waals surface area contributed by atoms with E-state index in [9.17, 15) is 15.0 Å². The van der Waals surface area contributed by atoms with Crippen molar-refractivity contribution in [3.8, 4) is 11.5 Å². The standard InChI is InChI=1S/C13H12O4/c14-9-3-1-8(2-4-9)13(17)11-6-5-10(15)7-12(11)16/h1,3,5-7,14-16H,2,4H2. The summed E-state index contributed by atoms with van der Waals surface area (Å²) in [5, 5.41) is 27.9. The van der Waals surface area contributed by atoms with E-state index in [1.165, 1.54) is 18.2 Å². The van der Waals surface area contributed by atoms with Gasteiger partial charge in [0.1, 0.15) is 11.5 Å². The molecule has 88 valence electrons. The summed E-state index contributed by atoms with van der Waals surface area (Å²) in [4.78, 5) is 12.0. The Morgan fingerprint density at radius 2 is 1.82 bits per heavy atom. The molecule has 0 unspecified atom stereocenters. The molecule has 0 heterocycles. The molecule has 17 heavy (non-hydrogen) atoms. The highest BCUT2D eigenvalue weighted by Crippen LogP contribution is 2.27. The number of hydrogen-bond donors (Lipinski definition) is 3. The highest BCUT2D eigenvalue weighted by Gasteiger charge is 2.18. The average Bonchev–Trinajstić information content (AvgIpc) is 2.29. The molecule has 0 saturated heterocycles. The lowest BCUT2D eigenvalue weighted by molar-refractivity contribution is 0.102. The molecule has 3 N–H and O–H groups in total. The van der Waals surface area contributed by atoms with Gasteiger partial charge in [-0.3, -0.25) is 4.79 Å². The minimum Gasteiger partial charge on any atom is -0.512 e. The van der Waals surface area contributed by atoms with Gasteiger partial charge in [-0.05, 0) is 24.6 Å². The number of aliphatic hydroxyl groups excluding tert-OH is 1. The molecule has 4 heteroatoms. The summed E-state index contributed by atoms with van der Waals surface area (Å²) in [5.74, 6) is -0.369. The Balaban J connectivity index is 2.32. The number of phenolic OH excluding ortho intramolecular Hbond substituents is 2. The lowest BCUT2D eigenvalue weighted by atomic mass is 9.95. The summed E-state index contributed by atoms with van der Waals surface area (Å²) in [6, 6.07) is 3.86. The van der Waals surface area contributed by atoms with Gasteiger partial charge >= 0.3 is 0 Å². The van der Waals surface area contributed by atoms with Crippen LogP contribution in [0.4, 0.5) is 0 Å². The molecular weight excluding hydrogens is 220 g/mol. The molecule has 0 atom stereocenters. The molecule has 1 aromatic carbocycles. The number of ketones is 1. The number of rotatable bonds is 2. The number of carbonyl (C=O) groups excluding carboxylic acids is 1. The third-order valence-corrected chi connectivity index (χ3v) is 2.64. The van der Waals surface area contributed by atoms with Gasteiger partial charge < -0.3 is 15.3 Å². The molecule has 0 bridgehead atoms. The number of aromatic hydroxyl groups is 2. The fourth-order valence-corrected chi connectivity index (χ4v) is 1.70. The van der Waals surface area contributed by atoms with Crippen LogP contribution >= 0.6 is 0 Å². The third kappa shape index (κ3) is 2.30. The first-order chi connectivity index (χ1) is 8.08. The normalized spacial score (nSPS) is 15.1. The van der Waals surface area contributed by atoms with Gasteiger partial charge in [0, 0.05) is 18.1 Å². The fourth-order valence-electron chi connectivity index (χ4n) is 1.70. The van der Waals surface area contributed by atoms with Gasteiger partial charge in [0.05, 0.1) is 11.3 Å². The number of phenols is 2. The second-order valence-corrected chi connectivity index (χ2v) is 3.88. The van der Waals surface area contributed by atoms with Crippen LogP contribution in [0.3, 0.4) is 0 Å². The van der Waals surface area contributed by atoms with Crippen LogP contribution in [0.2, 0.25) is 0 Å². The van der Waals surface area contributed by atoms with E-state index in [4.69, 9.17) is 5.11 Å². The molecule has 1 aliphatic carbocycles. The summed E-state index contributed by atoms with van der Waals surface area (Å²) < 4.78 is 0. The van der Waals surface area contributed by atoms with Crippen molar-refractivity contribution in [1.29, 1.82) is 0 Å². The lowest BCUT2D eigenvalue weighted by Crippen LogP contribution is -2.06. The van der Waals surface area contributed by atoms with Gasteiger partial charge in [0.15, 0.2) is 5.78 Å². The van der Waals surface area contributed by atoms with Gasteiger partial charge in [-0.25, -0.2) is 0 Å². The average molecular weight is 232 g/mol. The highest BCUT2D eigenvalue weighted by molar-refractivity contribution is 6.10. The van der Waals surface area contributed by atoms with Gasteiger partial charge in [-0.2, -0.15) is 0 Å². The first-order valence-corrected chi connectivity index (χ1v) is 5.23. The zero-order valence-electron chi connectivity index (χ0n) is 9.05. The molecule has 0 aliphatic heterocycles. The Bertz CT molecular complexity index is 526. The van der Waals surface area contributed by atoms with Gasteiger partial charge in [0.25, 0.3) is 0 Å². The topological polar surface area (TPSA) is 77.8 Å². The van der Waals surface area contributed by atoms with Crippen LogP contribution in [0.25, 0.3) is 0 Å². The molecule has 0 saturated carbocycles. The second-order valence-electron chi connectivity index (χ2n) is 3.88. The maximum absolute atomic E-state index is 12.0. The zero-order valence-corrected chi connectivity index (χ0v) is 9.05. The van der Waals surface area contributed by atoms with Crippen molar-refractivity contribution in [2.24, 2.45) is 0 Å². The molecule has 1 aliphatic rings. The number of hydrogen-bond acceptors (Lipinski definition) is 4.